The van der Waals surface area contributed by atoms with Gasteiger partial charge in [-0.15, -0.1) is 0 Å². The number of hydrogen-bond donors (Lipinski definition) is 1. The SMILES string of the molecule is CCN(CC)C(=O)c1oc2ccccc2c1NC(=O)CCc1ccc(OC)cc1. The number of anilines is 1. The van der Waals surface area contributed by atoms with Crippen molar-refractivity contribution in [1.82, 2.24) is 4.90 Å². The second-order valence-corrected chi connectivity index (χ2v) is 6.68. The summed E-state index contributed by atoms with van der Waals surface area (Å²) in [4.78, 5) is 27.2. The molecule has 0 aliphatic carbocycles. The van der Waals surface area contributed by atoms with Gasteiger partial charge in [-0.1, -0.05) is 24.3 Å². The zero-order valence-corrected chi connectivity index (χ0v) is 17.0. The molecular weight excluding hydrogens is 368 g/mol. The number of amides is 2. The fraction of sp³-hybridized carbons (Fsp3) is 0.304. The van der Waals surface area contributed by atoms with Gasteiger partial charge in [0.1, 0.15) is 17.0 Å². The van der Waals surface area contributed by atoms with E-state index in [4.69, 9.17) is 9.15 Å². The van der Waals surface area contributed by atoms with E-state index in [0.717, 1.165) is 16.7 Å². The molecule has 0 aliphatic rings. The van der Waals surface area contributed by atoms with Gasteiger partial charge in [-0.05, 0) is 50.1 Å². The number of methoxy groups -OCH3 is 1. The van der Waals surface area contributed by atoms with Crippen LogP contribution in [-0.4, -0.2) is 36.9 Å². The highest BCUT2D eigenvalue weighted by Crippen LogP contribution is 2.32. The number of nitrogens with zero attached hydrogens (tertiary/aromatic N) is 1. The van der Waals surface area contributed by atoms with E-state index in [0.29, 0.717) is 37.2 Å². The molecule has 29 heavy (non-hydrogen) atoms. The molecule has 0 radical (unpaired) electrons. The van der Waals surface area contributed by atoms with Crippen LogP contribution in [0.5, 0.6) is 5.75 Å². The van der Waals surface area contributed by atoms with Gasteiger partial charge in [0.25, 0.3) is 5.91 Å². The van der Waals surface area contributed by atoms with Crippen LogP contribution in [0.2, 0.25) is 0 Å². The Labute approximate surface area is 170 Å². The summed E-state index contributed by atoms with van der Waals surface area (Å²) in [6, 6.07) is 15.0. The van der Waals surface area contributed by atoms with Crippen molar-refractivity contribution in [2.75, 3.05) is 25.5 Å². The highest BCUT2D eigenvalue weighted by atomic mass is 16.5. The van der Waals surface area contributed by atoms with Crippen molar-refractivity contribution in [3.8, 4) is 5.75 Å². The third-order valence-corrected chi connectivity index (χ3v) is 4.90. The lowest BCUT2D eigenvalue weighted by Gasteiger charge is -2.17. The van der Waals surface area contributed by atoms with Gasteiger partial charge < -0.3 is 19.4 Å². The summed E-state index contributed by atoms with van der Waals surface area (Å²) in [5.41, 5.74) is 2.06. The molecule has 2 aromatic carbocycles. The van der Waals surface area contributed by atoms with Crippen molar-refractivity contribution in [3.63, 3.8) is 0 Å². The van der Waals surface area contributed by atoms with E-state index >= 15 is 0 Å². The van der Waals surface area contributed by atoms with Gasteiger partial charge in [0.05, 0.1) is 7.11 Å². The van der Waals surface area contributed by atoms with Gasteiger partial charge in [-0.25, -0.2) is 0 Å². The number of benzene rings is 2. The maximum absolute atomic E-state index is 12.9. The van der Waals surface area contributed by atoms with Crippen molar-refractivity contribution in [1.29, 1.82) is 0 Å². The molecule has 0 spiro atoms. The molecule has 152 valence electrons. The Kier molecular flexibility index (Phi) is 6.54. The number of aryl methyl sites for hydroxylation is 1. The second-order valence-electron chi connectivity index (χ2n) is 6.68. The van der Waals surface area contributed by atoms with Crippen molar-refractivity contribution in [2.45, 2.75) is 26.7 Å². The summed E-state index contributed by atoms with van der Waals surface area (Å²) in [7, 11) is 1.62. The molecule has 0 atom stereocenters. The standard InChI is InChI=1S/C23H26N2O4/c1-4-25(5-2)23(27)22-21(18-8-6-7-9-19(18)29-22)24-20(26)15-12-16-10-13-17(28-3)14-11-16/h6-11,13-14H,4-5,12,15H2,1-3H3,(H,24,26). The number of carbonyl (C=O) groups excluding carboxylic acids is 2. The van der Waals surface area contributed by atoms with E-state index in [-0.39, 0.29) is 17.6 Å². The molecule has 0 saturated heterocycles. The molecule has 0 fully saturated rings. The fourth-order valence-corrected chi connectivity index (χ4v) is 3.23. The van der Waals surface area contributed by atoms with E-state index in [9.17, 15) is 9.59 Å². The van der Waals surface area contributed by atoms with E-state index < -0.39 is 0 Å². The maximum Gasteiger partial charge on any atom is 0.291 e. The smallest absolute Gasteiger partial charge is 0.291 e. The highest BCUT2D eigenvalue weighted by molar-refractivity contribution is 6.10. The van der Waals surface area contributed by atoms with Crippen LogP contribution in [0.25, 0.3) is 11.0 Å². The average molecular weight is 394 g/mol. The summed E-state index contributed by atoms with van der Waals surface area (Å²) in [6.07, 6.45) is 0.885. The normalized spacial score (nSPS) is 10.7. The van der Waals surface area contributed by atoms with E-state index in [1.54, 1.807) is 18.1 Å². The largest absolute Gasteiger partial charge is 0.497 e. The number of ether oxygens (including phenoxy) is 1. The summed E-state index contributed by atoms with van der Waals surface area (Å²) in [5, 5.41) is 3.63. The van der Waals surface area contributed by atoms with E-state index in [1.165, 1.54) is 0 Å². The van der Waals surface area contributed by atoms with Crippen molar-refractivity contribution in [2.24, 2.45) is 0 Å². The first-order valence-corrected chi connectivity index (χ1v) is 9.80. The predicted octanol–water partition coefficient (Wildman–Crippen LogP) is 4.49. The van der Waals surface area contributed by atoms with Crippen LogP contribution >= 0.6 is 0 Å². The zero-order valence-electron chi connectivity index (χ0n) is 17.0. The third kappa shape index (κ3) is 4.59. The quantitative estimate of drug-likeness (QED) is 0.611. The summed E-state index contributed by atoms with van der Waals surface area (Å²) in [5.74, 6) is 0.563. The molecule has 1 aromatic heterocycles. The zero-order chi connectivity index (χ0) is 20.8. The monoisotopic (exact) mass is 394 g/mol. The number of hydrogen-bond acceptors (Lipinski definition) is 4. The van der Waals surface area contributed by atoms with Gasteiger partial charge in [0.2, 0.25) is 11.7 Å². The lowest BCUT2D eigenvalue weighted by Crippen LogP contribution is -2.31. The van der Waals surface area contributed by atoms with Crippen molar-refractivity contribution >= 4 is 28.5 Å². The number of nitrogens with one attached hydrogen (secondary N) is 1. The molecule has 3 rings (SSSR count). The minimum Gasteiger partial charge on any atom is -0.497 e. The van der Waals surface area contributed by atoms with Crippen molar-refractivity contribution < 1.29 is 18.7 Å². The Bertz CT molecular complexity index is 988. The summed E-state index contributed by atoms with van der Waals surface area (Å²) in [6.45, 7) is 4.96. The van der Waals surface area contributed by atoms with Crippen LogP contribution in [0.3, 0.4) is 0 Å². The maximum atomic E-state index is 12.9. The molecule has 0 unspecified atom stereocenters. The Morgan fingerprint density at radius 1 is 1.03 bits per heavy atom. The second kappa shape index (κ2) is 9.28. The van der Waals surface area contributed by atoms with Crippen LogP contribution in [0, 0.1) is 0 Å². The lowest BCUT2D eigenvalue weighted by atomic mass is 10.1. The molecular formula is C23H26N2O4. The molecule has 0 aliphatic heterocycles. The minimum absolute atomic E-state index is 0.166. The van der Waals surface area contributed by atoms with Gasteiger partial charge >= 0.3 is 0 Å². The van der Waals surface area contributed by atoms with Crippen LogP contribution in [-0.2, 0) is 11.2 Å². The van der Waals surface area contributed by atoms with E-state index in [1.807, 2.05) is 56.3 Å². The van der Waals surface area contributed by atoms with Gasteiger partial charge in [-0.3, -0.25) is 9.59 Å². The van der Waals surface area contributed by atoms with Crippen LogP contribution in [0.4, 0.5) is 5.69 Å². The molecule has 3 aromatic rings. The lowest BCUT2D eigenvalue weighted by molar-refractivity contribution is -0.116. The third-order valence-electron chi connectivity index (χ3n) is 4.90. The van der Waals surface area contributed by atoms with Gasteiger partial charge in [0.15, 0.2) is 0 Å². The molecule has 6 nitrogen and oxygen atoms in total. The van der Waals surface area contributed by atoms with Crippen LogP contribution in [0.15, 0.2) is 52.9 Å². The van der Waals surface area contributed by atoms with E-state index in [2.05, 4.69) is 5.32 Å². The Morgan fingerprint density at radius 3 is 2.38 bits per heavy atom. The molecule has 0 saturated carbocycles. The summed E-state index contributed by atoms with van der Waals surface area (Å²) < 4.78 is 11.0. The molecule has 2 amide bonds. The number of para-hydroxylation sites is 1. The first-order valence-electron chi connectivity index (χ1n) is 9.80. The molecule has 0 bridgehead atoms. The molecule has 1 heterocycles. The van der Waals surface area contributed by atoms with Crippen LogP contribution < -0.4 is 10.1 Å². The first kappa shape index (κ1) is 20.5. The van der Waals surface area contributed by atoms with Crippen molar-refractivity contribution in [3.05, 3.63) is 59.9 Å². The number of carbonyl (C=O) groups is 2. The Hall–Kier alpha value is -3.28. The Balaban J connectivity index is 1.79. The fourth-order valence-electron chi connectivity index (χ4n) is 3.23. The molecule has 6 heteroatoms. The summed E-state index contributed by atoms with van der Waals surface area (Å²) >= 11 is 0. The predicted molar refractivity (Wildman–Crippen MR) is 113 cm³/mol. The number of fused-ring (bicyclic) bond motifs is 1. The number of rotatable bonds is 8. The molecule has 1 N–H and O–H groups in total. The minimum atomic E-state index is -0.225. The topological polar surface area (TPSA) is 71.8 Å². The first-order chi connectivity index (χ1) is 14.1. The Morgan fingerprint density at radius 2 is 1.72 bits per heavy atom. The highest BCUT2D eigenvalue weighted by Gasteiger charge is 2.25. The number of furan rings is 1. The van der Waals surface area contributed by atoms with Crippen LogP contribution in [0.1, 0.15) is 36.4 Å². The van der Waals surface area contributed by atoms with Gasteiger partial charge in [0, 0.05) is 24.9 Å². The average Bonchev–Trinajstić information content (AvgIpc) is 3.12. The van der Waals surface area contributed by atoms with Gasteiger partial charge in [-0.2, -0.15) is 0 Å².